The van der Waals surface area contributed by atoms with Gasteiger partial charge in [-0.15, -0.1) is 0 Å². The molecule has 10 heavy (non-hydrogen) atoms. The molecule has 0 atom stereocenters. The molecule has 0 aliphatic rings. The third-order valence-corrected chi connectivity index (χ3v) is 1.27. The minimum absolute atomic E-state index is 0.287. The maximum absolute atomic E-state index is 9.15. The lowest BCUT2D eigenvalue weighted by Crippen LogP contribution is -1.79. The molecule has 0 bridgehead atoms. The zero-order valence-electron chi connectivity index (χ0n) is 5.62. The maximum Gasteiger partial charge on any atom is 0.120 e. The molecule has 52 valence electrons. The Hall–Kier alpha value is -1.31. The number of benzene rings is 1. The molecule has 1 rings (SSSR count). The third-order valence-electron chi connectivity index (χ3n) is 1.27. The molecule has 0 saturated heterocycles. The van der Waals surface area contributed by atoms with E-state index in [1.807, 2.05) is 12.1 Å². The number of rotatable bonds is 2. The average Bonchev–Trinajstić information content (AvgIpc) is 1.94. The highest BCUT2D eigenvalue weighted by Gasteiger charge is 1.94. The smallest absolute Gasteiger partial charge is 0.120 e. The average molecular weight is 135 g/mol. The SMILES string of the molecule is C=NCc1ccccc1O. The second-order valence-corrected chi connectivity index (χ2v) is 2.01. The summed E-state index contributed by atoms with van der Waals surface area (Å²) in [4.78, 5) is 3.66. The standard InChI is InChI=1S/C8H9NO/c1-9-6-7-4-2-3-5-8(7)10/h2-5,10H,1,6H2. The molecule has 1 aromatic carbocycles. The first kappa shape index (κ1) is 6.81. The number of hydrogen-bond acceptors (Lipinski definition) is 2. The molecule has 0 aromatic heterocycles. The minimum Gasteiger partial charge on any atom is -0.508 e. The van der Waals surface area contributed by atoms with Gasteiger partial charge in [0.1, 0.15) is 5.75 Å². The Morgan fingerprint density at radius 3 is 2.70 bits per heavy atom. The van der Waals surface area contributed by atoms with Gasteiger partial charge in [0.05, 0.1) is 6.54 Å². The molecule has 0 aliphatic heterocycles. The quantitative estimate of drug-likeness (QED) is 0.614. The Bertz CT molecular complexity index is 232. The summed E-state index contributed by atoms with van der Waals surface area (Å²) in [7, 11) is 0. The fraction of sp³-hybridized carbons (Fsp3) is 0.125. The Kier molecular flexibility index (Phi) is 2.05. The summed E-state index contributed by atoms with van der Waals surface area (Å²) in [5.74, 6) is 0.287. The summed E-state index contributed by atoms with van der Waals surface area (Å²) in [6.07, 6.45) is 0. The highest BCUT2D eigenvalue weighted by molar-refractivity contribution is 5.33. The fourth-order valence-corrected chi connectivity index (χ4v) is 0.765. The number of hydrogen-bond donors (Lipinski definition) is 1. The predicted molar refractivity (Wildman–Crippen MR) is 41.4 cm³/mol. The van der Waals surface area contributed by atoms with Gasteiger partial charge >= 0.3 is 0 Å². The van der Waals surface area contributed by atoms with E-state index in [0.717, 1.165) is 5.56 Å². The van der Waals surface area contributed by atoms with Crippen molar-refractivity contribution in [3.8, 4) is 5.75 Å². The summed E-state index contributed by atoms with van der Waals surface area (Å²) in [6, 6.07) is 7.10. The molecule has 0 radical (unpaired) electrons. The van der Waals surface area contributed by atoms with Crippen LogP contribution in [0.15, 0.2) is 29.3 Å². The number of phenols is 1. The lowest BCUT2D eigenvalue weighted by atomic mass is 10.2. The van der Waals surface area contributed by atoms with E-state index in [9.17, 15) is 0 Å². The van der Waals surface area contributed by atoms with E-state index in [0.29, 0.717) is 6.54 Å². The van der Waals surface area contributed by atoms with Crippen LogP contribution in [0.1, 0.15) is 5.56 Å². The van der Waals surface area contributed by atoms with Gasteiger partial charge in [0.2, 0.25) is 0 Å². The first-order chi connectivity index (χ1) is 4.84. The van der Waals surface area contributed by atoms with Crippen LogP contribution >= 0.6 is 0 Å². The topological polar surface area (TPSA) is 32.6 Å². The van der Waals surface area contributed by atoms with E-state index >= 15 is 0 Å². The van der Waals surface area contributed by atoms with Gasteiger partial charge in [0, 0.05) is 5.56 Å². The summed E-state index contributed by atoms with van der Waals surface area (Å²) >= 11 is 0. The molecule has 1 aromatic rings. The number of nitrogens with zero attached hydrogens (tertiary/aromatic N) is 1. The Balaban J connectivity index is 2.91. The summed E-state index contributed by atoms with van der Waals surface area (Å²) in [5.41, 5.74) is 0.817. The molecule has 0 saturated carbocycles. The van der Waals surface area contributed by atoms with Gasteiger partial charge in [-0.05, 0) is 12.8 Å². The van der Waals surface area contributed by atoms with Crippen LogP contribution in [0, 0.1) is 0 Å². The van der Waals surface area contributed by atoms with Gasteiger partial charge in [0.15, 0.2) is 0 Å². The Morgan fingerprint density at radius 1 is 1.40 bits per heavy atom. The molecule has 2 heteroatoms. The Labute approximate surface area is 59.9 Å². The van der Waals surface area contributed by atoms with E-state index in [1.165, 1.54) is 0 Å². The molecule has 0 spiro atoms. The van der Waals surface area contributed by atoms with Crippen LogP contribution in [0.2, 0.25) is 0 Å². The van der Waals surface area contributed by atoms with E-state index < -0.39 is 0 Å². The number of aromatic hydroxyl groups is 1. The Morgan fingerprint density at radius 2 is 2.10 bits per heavy atom. The molecule has 1 N–H and O–H groups in total. The van der Waals surface area contributed by atoms with Crippen LogP contribution in [0.25, 0.3) is 0 Å². The number of phenolic OH excluding ortho intramolecular Hbond substituents is 1. The molecular weight excluding hydrogens is 126 g/mol. The fourth-order valence-electron chi connectivity index (χ4n) is 0.765. The van der Waals surface area contributed by atoms with Crippen LogP contribution in [0.5, 0.6) is 5.75 Å². The molecule has 2 nitrogen and oxygen atoms in total. The van der Waals surface area contributed by atoms with Gasteiger partial charge < -0.3 is 5.11 Å². The third kappa shape index (κ3) is 1.35. The van der Waals surface area contributed by atoms with Crippen molar-refractivity contribution < 1.29 is 5.11 Å². The van der Waals surface area contributed by atoms with Gasteiger partial charge in [0.25, 0.3) is 0 Å². The van der Waals surface area contributed by atoms with Crippen molar-refractivity contribution in [1.29, 1.82) is 0 Å². The zero-order valence-corrected chi connectivity index (χ0v) is 5.62. The van der Waals surface area contributed by atoms with Crippen LogP contribution in [-0.2, 0) is 6.54 Å². The van der Waals surface area contributed by atoms with Crippen LogP contribution in [0.4, 0.5) is 0 Å². The maximum atomic E-state index is 9.15. The second kappa shape index (κ2) is 3.01. The van der Waals surface area contributed by atoms with Crippen molar-refractivity contribution in [1.82, 2.24) is 0 Å². The van der Waals surface area contributed by atoms with Crippen molar-refractivity contribution in [2.75, 3.05) is 0 Å². The van der Waals surface area contributed by atoms with Gasteiger partial charge in [-0.3, -0.25) is 4.99 Å². The van der Waals surface area contributed by atoms with Crippen LogP contribution in [-0.4, -0.2) is 11.8 Å². The van der Waals surface area contributed by atoms with Crippen molar-refractivity contribution in [2.24, 2.45) is 4.99 Å². The molecule has 0 aliphatic carbocycles. The number of para-hydroxylation sites is 1. The first-order valence-corrected chi connectivity index (χ1v) is 3.04. The van der Waals surface area contributed by atoms with E-state index in [2.05, 4.69) is 11.7 Å². The van der Waals surface area contributed by atoms with Gasteiger partial charge in [-0.25, -0.2) is 0 Å². The minimum atomic E-state index is 0.287. The van der Waals surface area contributed by atoms with Crippen molar-refractivity contribution in [3.63, 3.8) is 0 Å². The first-order valence-electron chi connectivity index (χ1n) is 3.04. The van der Waals surface area contributed by atoms with E-state index in [1.54, 1.807) is 12.1 Å². The van der Waals surface area contributed by atoms with Crippen molar-refractivity contribution in [2.45, 2.75) is 6.54 Å². The molecule has 0 heterocycles. The van der Waals surface area contributed by atoms with Crippen molar-refractivity contribution in [3.05, 3.63) is 29.8 Å². The monoisotopic (exact) mass is 135 g/mol. The van der Waals surface area contributed by atoms with E-state index in [-0.39, 0.29) is 5.75 Å². The molecule has 0 fully saturated rings. The van der Waals surface area contributed by atoms with E-state index in [4.69, 9.17) is 5.11 Å². The van der Waals surface area contributed by atoms with Crippen LogP contribution in [0.3, 0.4) is 0 Å². The zero-order chi connectivity index (χ0) is 7.40. The lowest BCUT2D eigenvalue weighted by Gasteiger charge is -1.97. The summed E-state index contributed by atoms with van der Waals surface area (Å²) < 4.78 is 0. The van der Waals surface area contributed by atoms with Gasteiger partial charge in [-0.1, -0.05) is 18.2 Å². The highest BCUT2D eigenvalue weighted by atomic mass is 16.3. The highest BCUT2D eigenvalue weighted by Crippen LogP contribution is 2.15. The van der Waals surface area contributed by atoms with Gasteiger partial charge in [-0.2, -0.15) is 0 Å². The lowest BCUT2D eigenvalue weighted by molar-refractivity contribution is 0.468. The van der Waals surface area contributed by atoms with Crippen molar-refractivity contribution >= 4 is 6.72 Å². The normalized spacial score (nSPS) is 9.20. The number of aliphatic imine (C=N–C) groups is 1. The summed E-state index contributed by atoms with van der Waals surface area (Å²) in [6.45, 7) is 3.81. The second-order valence-electron chi connectivity index (χ2n) is 2.01. The summed E-state index contributed by atoms with van der Waals surface area (Å²) in [5, 5.41) is 9.15. The van der Waals surface area contributed by atoms with Crippen LogP contribution < -0.4 is 0 Å². The molecule has 0 amide bonds. The predicted octanol–water partition coefficient (Wildman–Crippen LogP) is 1.59. The largest absolute Gasteiger partial charge is 0.508 e. The molecule has 0 unspecified atom stereocenters. The molecular formula is C8H9NO.